The van der Waals surface area contributed by atoms with Crippen LogP contribution in [0.25, 0.3) is 6.08 Å². The van der Waals surface area contributed by atoms with Crippen molar-refractivity contribution in [2.24, 2.45) is 0 Å². The van der Waals surface area contributed by atoms with Crippen molar-refractivity contribution >= 4 is 46.3 Å². The molecule has 0 spiro atoms. The molecule has 1 aliphatic rings. The Kier molecular flexibility index (Phi) is 5.79. The minimum absolute atomic E-state index is 0.109. The maximum Gasteiger partial charge on any atom is 0.303 e. The molecule has 1 N–H and O–H groups in total. The molecule has 118 valence electrons. The van der Waals surface area contributed by atoms with E-state index >= 15 is 0 Å². The molecular weight excluding hydrogens is 322 g/mol. The molecule has 7 heteroatoms. The molecule has 1 amide bonds. The third kappa shape index (κ3) is 4.45. The molecule has 1 aromatic heterocycles. The molecule has 1 aromatic rings. The van der Waals surface area contributed by atoms with Crippen molar-refractivity contribution in [2.45, 2.75) is 32.6 Å². The van der Waals surface area contributed by atoms with Crippen LogP contribution in [0, 0.1) is 6.92 Å². The molecule has 0 bridgehead atoms. The zero-order valence-corrected chi connectivity index (χ0v) is 13.8. The van der Waals surface area contributed by atoms with Gasteiger partial charge >= 0.3 is 5.97 Å². The average Bonchev–Trinajstić information content (AvgIpc) is 2.96. The first-order valence-electron chi connectivity index (χ1n) is 7.01. The number of aliphatic carboxylic acids is 1. The van der Waals surface area contributed by atoms with Crippen LogP contribution in [-0.2, 0) is 9.59 Å². The van der Waals surface area contributed by atoms with Crippen LogP contribution < -0.4 is 0 Å². The van der Waals surface area contributed by atoms with Crippen LogP contribution in [0.1, 0.15) is 37.2 Å². The lowest BCUT2D eigenvalue weighted by molar-refractivity contribution is -0.137. The molecule has 2 rings (SSSR count). The van der Waals surface area contributed by atoms with Gasteiger partial charge in [0.1, 0.15) is 15.8 Å². The van der Waals surface area contributed by atoms with Crippen molar-refractivity contribution in [3.05, 3.63) is 28.6 Å². The molecule has 1 aliphatic heterocycles. The number of carboxylic acids is 1. The second-order valence-electron chi connectivity index (χ2n) is 4.99. The first-order valence-corrected chi connectivity index (χ1v) is 8.23. The Morgan fingerprint density at radius 3 is 2.82 bits per heavy atom. The van der Waals surface area contributed by atoms with Gasteiger partial charge in [0.2, 0.25) is 0 Å². The van der Waals surface area contributed by atoms with Gasteiger partial charge in [0, 0.05) is 19.0 Å². The van der Waals surface area contributed by atoms with E-state index in [1.54, 1.807) is 11.0 Å². The van der Waals surface area contributed by atoms with Crippen molar-refractivity contribution in [3.8, 4) is 0 Å². The summed E-state index contributed by atoms with van der Waals surface area (Å²) in [6.45, 7) is 2.37. The number of rotatable bonds is 7. The van der Waals surface area contributed by atoms with Gasteiger partial charge in [-0.15, -0.1) is 0 Å². The highest BCUT2D eigenvalue weighted by molar-refractivity contribution is 8.26. The van der Waals surface area contributed by atoms with E-state index < -0.39 is 5.97 Å². The van der Waals surface area contributed by atoms with Gasteiger partial charge in [0.05, 0.1) is 4.91 Å². The van der Waals surface area contributed by atoms with Gasteiger partial charge in [-0.2, -0.15) is 0 Å². The predicted molar refractivity (Wildman–Crippen MR) is 89.4 cm³/mol. The first-order chi connectivity index (χ1) is 10.5. The standard InChI is InChI=1S/C15H17NO4S2/c1-10-6-7-11(20-10)9-12-14(19)16(15(21)22-12)8-4-2-3-5-13(17)18/h6-7,9H,2-5,8H2,1H3,(H,17,18)/b12-9-. The quantitative estimate of drug-likeness (QED) is 0.466. The molecule has 0 aromatic carbocycles. The summed E-state index contributed by atoms with van der Waals surface area (Å²) >= 11 is 6.51. The summed E-state index contributed by atoms with van der Waals surface area (Å²) < 4.78 is 5.98. The smallest absolute Gasteiger partial charge is 0.303 e. The molecule has 0 radical (unpaired) electrons. The molecular formula is C15H17NO4S2. The summed E-state index contributed by atoms with van der Waals surface area (Å²) in [7, 11) is 0. The number of hydrogen-bond acceptors (Lipinski definition) is 5. The third-order valence-electron chi connectivity index (χ3n) is 3.18. The maximum atomic E-state index is 12.3. The van der Waals surface area contributed by atoms with Crippen LogP contribution in [0.2, 0.25) is 0 Å². The number of carboxylic acid groups (broad SMARTS) is 1. The second-order valence-corrected chi connectivity index (χ2v) is 6.66. The van der Waals surface area contributed by atoms with Crippen LogP contribution in [0.3, 0.4) is 0 Å². The highest BCUT2D eigenvalue weighted by atomic mass is 32.2. The summed E-state index contributed by atoms with van der Waals surface area (Å²) in [5, 5.41) is 8.58. The number of aryl methyl sites for hydroxylation is 1. The van der Waals surface area contributed by atoms with Crippen molar-refractivity contribution in [3.63, 3.8) is 0 Å². The monoisotopic (exact) mass is 339 g/mol. The Morgan fingerprint density at radius 2 is 2.18 bits per heavy atom. The topological polar surface area (TPSA) is 70.8 Å². The number of unbranched alkanes of at least 4 members (excludes halogenated alkanes) is 2. The Hall–Kier alpha value is -1.60. The fraction of sp³-hybridized carbons (Fsp3) is 0.400. The van der Waals surface area contributed by atoms with Crippen molar-refractivity contribution in [1.82, 2.24) is 4.90 Å². The van der Waals surface area contributed by atoms with Crippen molar-refractivity contribution < 1.29 is 19.1 Å². The van der Waals surface area contributed by atoms with Gasteiger partial charge in [-0.1, -0.05) is 30.4 Å². The fourth-order valence-electron chi connectivity index (χ4n) is 2.08. The van der Waals surface area contributed by atoms with E-state index in [1.165, 1.54) is 11.8 Å². The Morgan fingerprint density at radius 1 is 1.41 bits per heavy atom. The van der Waals surface area contributed by atoms with Gasteiger partial charge in [-0.25, -0.2) is 0 Å². The number of thiocarbonyl (C=S) groups is 1. The van der Waals surface area contributed by atoms with Gasteiger partial charge in [-0.3, -0.25) is 14.5 Å². The summed E-state index contributed by atoms with van der Waals surface area (Å²) in [6, 6.07) is 3.66. The summed E-state index contributed by atoms with van der Waals surface area (Å²) in [5.41, 5.74) is 0. The molecule has 2 heterocycles. The van der Waals surface area contributed by atoms with E-state index in [4.69, 9.17) is 21.7 Å². The van der Waals surface area contributed by atoms with E-state index in [0.29, 0.717) is 28.0 Å². The van der Waals surface area contributed by atoms with Crippen LogP contribution in [0.5, 0.6) is 0 Å². The minimum Gasteiger partial charge on any atom is -0.481 e. The molecule has 0 aliphatic carbocycles. The Bertz CT molecular complexity index is 621. The van der Waals surface area contributed by atoms with Gasteiger partial charge in [-0.05, 0) is 31.9 Å². The van der Waals surface area contributed by atoms with E-state index in [-0.39, 0.29) is 12.3 Å². The summed E-state index contributed by atoms with van der Waals surface area (Å²) in [5.74, 6) is 0.532. The SMILES string of the molecule is Cc1ccc(/C=C2\SC(=S)N(CCCCCC(=O)O)C2=O)o1. The van der Waals surface area contributed by atoms with E-state index in [1.807, 2.05) is 19.1 Å². The van der Waals surface area contributed by atoms with E-state index in [2.05, 4.69) is 0 Å². The Balaban J connectivity index is 1.89. The molecule has 0 unspecified atom stereocenters. The first kappa shape index (κ1) is 16.8. The highest BCUT2D eigenvalue weighted by Crippen LogP contribution is 2.33. The molecule has 1 fully saturated rings. The van der Waals surface area contributed by atoms with Crippen LogP contribution >= 0.6 is 24.0 Å². The molecule has 5 nitrogen and oxygen atoms in total. The number of thioether (sulfide) groups is 1. The van der Waals surface area contributed by atoms with Gasteiger partial charge in [0.15, 0.2) is 0 Å². The lowest BCUT2D eigenvalue weighted by Crippen LogP contribution is -2.29. The average molecular weight is 339 g/mol. The summed E-state index contributed by atoms with van der Waals surface area (Å²) in [4.78, 5) is 24.9. The number of hydrogen-bond donors (Lipinski definition) is 1. The largest absolute Gasteiger partial charge is 0.481 e. The van der Waals surface area contributed by atoms with Crippen LogP contribution in [0.15, 0.2) is 21.5 Å². The highest BCUT2D eigenvalue weighted by Gasteiger charge is 2.31. The number of amides is 1. The maximum absolute atomic E-state index is 12.3. The van der Waals surface area contributed by atoms with Gasteiger partial charge in [0.25, 0.3) is 5.91 Å². The number of carbonyl (C=O) groups is 2. The van der Waals surface area contributed by atoms with E-state index in [9.17, 15) is 9.59 Å². The minimum atomic E-state index is -0.790. The third-order valence-corrected chi connectivity index (χ3v) is 4.56. The van der Waals surface area contributed by atoms with Crippen molar-refractivity contribution in [2.75, 3.05) is 6.54 Å². The zero-order valence-electron chi connectivity index (χ0n) is 12.2. The molecule has 0 atom stereocenters. The molecule has 0 saturated carbocycles. The number of carbonyl (C=O) groups excluding carboxylic acids is 1. The van der Waals surface area contributed by atoms with E-state index in [0.717, 1.165) is 18.6 Å². The normalized spacial score (nSPS) is 16.8. The van der Waals surface area contributed by atoms with Crippen LogP contribution in [-0.4, -0.2) is 32.7 Å². The lowest BCUT2D eigenvalue weighted by Gasteiger charge is -2.13. The lowest BCUT2D eigenvalue weighted by atomic mass is 10.2. The number of nitrogens with zero attached hydrogens (tertiary/aromatic N) is 1. The second kappa shape index (κ2) is 7.60. The molecule has 1 saturated heterocycles. The molecule has 22 heavy (non-hydrogen) atoms. The van der Waals surface area contributed by atoms with Crippen molar-refractivity contribution in [1.29, 1.82) is 0 Å². The van der Waals surface area contributed by atoms with Crippen LogP contribution in [0.4, 0.5) is 0 Å². The zero-order chi connectivity index (χ0) is 16.1. The number of furan rings is 1. The predicted octanol–water partition coefficient (Wildman–Crippen LogP) is 3.43. The summed E-state index contributed by atoms with van der Waals surface area (Å²) in [6.07, 6.45) is 3.99. The van der Waals surface area contributed by atoms with Gasteiger partial charge < -0.3 is 9.52 Å². The Labute approximate surface area is 138 Å². The fourth-order valence-corrected chi connectivity index (χ4v) is 3.36.